The van der Waals surface area contributed by atoms with E-state index < -0.39 is 0 Å². The minimum Gasteiger partial charge on any atom is -0.384 e. The van der Waals surface area contributed by atoms with E-state index in [9.17, 15) is 0 Å². The minimum absolute atomic E-state index is 0.551. The van der Waals surface area contributed by atoms with Crippen LogP contribution in [0, 0.1) is 0 Å². The molecule has 21 heavy (non-hydrogen) atoms. The summed E-state index contributed by atoms with van der Waals surface area (Å²) in [5.74, 6) is 1.14. The van der Waals surface area contributed by atoms with Gasteiger partial charge in [0, 0.05) is 27.8 Å². The monoisotopic (exact) mass is 341 g/mol. The summed E-state index contributed by atoms with van der Waals surface area (Å²) in [6, 6.07) is 14.0. The highest BCUT2D eigenvalue weighted by molar-refractivity contribution is 9.10. The highest BCUT2D eigenvalue weighted by atomic mass is 79.9. The van der Waals surface area contributed by atoms with Crippen molar-refractivity contribution in [2.45, 2.75) is 6.42 Å². The average Bonchev–Trinajstić information content (AvgIpc) is 3.16. The van der Waals surface area contributed by atoms with Crippen LogP contribution in [0.4, 0.5) is 5.69 Å². The van der Waals surface area contributed by atoms with Gasteiger partial charge in [0.2, 0.25) is 5.82 Å². The van der Waals surface area contributed by atoms with Gasteiger partial charge in [0.1, 0.15) is 0 Å². The van der Waals surface area contributed by atoms with Crippen LogP contribution >= 0.6 is 15.9 Å². The molecular weight excluding hydrogens is 330 g/mol. The molecule has 2 aromatic carbocycles. The average molecular weight is 342 g/mol. The van der Waals surface area contributed by atoms with Gasteiger partial charge in [-0.2, -0.15) is 4.98 Å². The van der Waals surface area contributed by atoms with Crippen molar-refractivity contribution >= 4 is 21.6 Å². The summed E-state index contributed by atoms with van der Waals surface area (Å²) in [5, 5.41) is 7.43. The molecule has 0 aliphatic carbocycles. The van der Waals surface area contributed by atoms with Gasteiger partial charge in [-0.25, -0.2) is 0 Å². The maximum absolute atomic E-state index is 5.42. The first-order valence-corrected chi connectivity index (χ1v) is 7.56. The molecule has 4 rings (SSSR count). The highest BCUT2D eigenvalue weighted by Gasteiger charge is 2.15. The van der Waals surface area contributed by atoms with E-state index in [1.807, 2.05) is 30.3 Å². The molecule has 0 atom stereocenters. The maximum atomic E-state index is 5.42. The number of rotatable bonds is 2. The van der Waals surface area contributed by atoms with Gasteiger partial charge in [0.25, 0.3) is 5.89 Å². The van der Waals surface area contributed by atoms with E-state index in [-0.39, 0.29) is 0 Å². The summed E-state index contributed by atoms with van der Waals surface area (Å²) >= 11 is 3.51. The van der Waals surface area contributed by atoms with Crippen molar-refractivity contribution in [3.8, 4) is 22.8 Å². The number of anilines is 1. The third-order valence-corrected chi connectivity index (χ3v) is 4.29. The van der Waals surface area contributed by atoms with E-state index in [0.29, 0.717) is 11.7 Å². The second-order valence-electron chi connectivity index (χ2n) is 4.95. The smallest absolute Gasteiger partial charge is 0.258 e. The van der Waals surface area contributed by atoms with E-state index in [4.69, 9.17) is 4.52 Å². The lowest BCUT2D eigenvalue weighted by Crippen LogP contribution is -1.90. The maximum Gasteiger partial charge on any atom is 0.258 e. The normalized spacial score (nSPS) is 13.0. The van der Waals surface area contributed by atoms with Crippen molar-refractivity contribution in [1.29, 1.82) is 0 Å². The van der Waals surface area contributed by atoms with Crippen LogP contribution in [0.25, 0.3) is 22.8 Å². The zero-order chi connectivity index (χ0) is 14.2. The fourth-order valence-corrected chi connectivity index (χ4v) is 2.99. The van der Waals surface area contributed by atoms with Gasteiger partial charge >= 0.3 is 0 Å². The molecule has 0 fully saturated rings. The first-order chi connectivity index (χ1) is 10.3. The Kier molecular flexibility index (Phi) is 3.00. The Hall–Kier alpha value is -2.14. The molecule has 2 heterocycles. The Morgan fingerprint density at radius 3 is 2.95 bits per heavy atom. The molecule has 0 saturated heterocycles. The summed E-state index contributed by atoms with van der Waals surface area (Å²) in [6.45, 7) is 0.991. The van der Waals surface area contributed by atoms with E-state index >= 15 is 0 Å². The van der Waals surface area contributed by atoms with Crippen LogP contribution in [0.5, 0.6) is 0 Å². The SMILES string of the molecule is Brc1ccccc1-c1noc(-c2ccc3c(c2)CCN3)n1. The quantitative estimate of drug-likeness (QED) is 0.761. The van der Waals surface area contributed by atoms with Crippen LogP contribution in [0.2, 0.25) is 0 Å². The summed E-state index contributed by atoms with van der Waals surface area (Å²) in [4.78, 5) is 4.51. The molecule has 4 nitrogen and oxygen atoms in total. The molecule has 0 amide bonds. The molecule has 1 aromatic heterocycles. The topological polar surface area (TPSA) is 51.0 Å². The Bertz CT molecular complexity index is 813. The predicted octanol–water partition coefficient (Wildman–Crippen LogP) is 4.13. The summed E-state index contributed by atoms with van der Waals surface area (Å²) in [7, 11) is 0. The fraction of sp³-hybridized carbons (Fsp3) is 0.125. The largest absolute Gasteiger partial charge is 0.384 e. The van der Waals surface area contributed by atoms with Gasteiger partial charge in [0.05, 0.1) is 0 Å². The van der Waals surface area contributed by atoms with Crippen molar-refractivity contribution in [2.24, 2.45) is 0 Å². The number of fused-ring (bicyclic) bond motifs is 1. The zero-order valence-electron chi connectivity index (χ0n) is 11.1. The van der Waals surface area contributed by atoms with Crippen molar-refractivity contribution in [2.75, 3.05) is 11.9 Å². The van der Waals surface area contributed by atoms with E-state index in [1.54, 1.807) is 0 Å². The highest BCUT2D eigenvalue weighted by Crippen LogP contribution is 2.30. The second-order valence-corrected chi connectivity index (χ2v) is 5.81. The predicted molar refractivity (Wildman–Crippen MR) is 85.1 cm³/mol. The molecule has 0 bridgehead atoms. The lowest BCUT2D eigenvalue weighted by molar-refractivity contribution is 0.432. The number of nitrogens with one attached hydrogen (secondary N) is 1. The number of hydrogen-bond donors (Lipinski definition) is 1. The number of benzene rings is 2. The van der Waals surface area contributed by atoms with Gasteiger partial charge < -0.3 is 9.84 Å². The number of nitrogens with zero attached hydrogens (tertiary/aromatic N) is 2. The molecule has 5 heteroatoms. The van der Waals surface area contributed by atoms with Crippen LogP contribution in [0.15, 0.2) is 51.5 Å². The van der Waals surface area contributed by atoms with Crippen molar-refractivity contribution in [1.82, 2.24) is 10.1 Å². The van der Waals surface area contributed by atoms with Gasteiger partial charge in [-0.3, -0.25) is 0 Å². The first kappa shape index (κ1) is 12.6. The Morgan fingerprint density at radius 1 is 1.14 bits per heavy atom. The first-order valence-electron chi connectivity index (χ1n) is 6.77. The fourth-order valence-electron chi connectivity index (χ4n) is 2.53. The standard InChI is InChI=1S/C16H12BrN3O/c17-13-4-2-1-3-12(13)15-19-16(21-20-15)11-5-6-14-10(9-11)7-8-18-14/h1-6,9,18H,7-8H2. The van der Waals surface area contributed by atoms with E-state index in [1.165, 1.54) is 11.3 Å². The third kappa shape index (κ3) is 2.23. The van der Waals surface area contributed by atoms with Crippen LogP contribution in [0.3, 0.4) is 0 Å². The molecule has 0 radical (unpaired) electrons. The summed E-state index contributed by atoms with van der Waals surface area (Å²) < 4.78 is 6.37. The van der Waals surface area contributed by atoms with E-state index in [0.717, 1.165) is 28.6 Å². The summed E-state index contributed by atoms with van der Waals surface area (Å²) in [6.07, 6.45) is 1.04. The van der Waals surface area contributed by atoms with Gasteiger partial charge in [-0.15, -0.1) is 0 Å². The number of hydrogen-bond acceptors (Lipinski definition) is 4. The molecule has 1 aliphatic rings. The Labute approximate surface area is 130 Å². The van der Waals surface area contributed by atoms with Gasteiger partial charge in [-0.1, -0.05) is 33.2 Å². The molecule has 104 valence electrons. The number of aromatic nitrogens is 2. The molecule has 1 N–H and O–H groups in total. The van der Waals surface area contributed by atoms with Crippen LogP contribution in [0.1, 0.15) is 5.56 Å². The molecule has 0 spiro atoms. The zero-order valence-corrected chi connectivity index (χ0v) is 12.7. The lowest BCUT2D eigenvalue weighted by Gasteiger charge is -2.00. The van der Waals surface area contributed by atoms with Crippen molar-refractivity contribution < 1.29 is 4.52 Å². The van der Waals surface area contributed by atoms with Gasteiger partial charge in [-0.05, 0) is 42.3 Å². The minimum atomic E-state index is 0.551. The molecule has 3 aromatic rings. The molecule has 1 aliphatic heterocycles. The third-order valence-electron chi connectivity index (χ3n) is 3.60. The molecule has 0 saturated carbocycles. The number of halogens is 1. The van der Waals surface area contributed by atoms with Crippen LogP contribution in [-0.2, 0) is 6.42 Å². The molecule has 0 unspecified atom stereocenters. The van der Waals surface area contributed by atoms with E-state index in [2.05, 4.69) is 43.5 Å². The summed E-state index contributed by atoms with van der Waals surface area (Å²) in [5.41, 5.74) is 4.39. The molecular formula is C16H12BrN3O. The van der Waals surface area contributed by atoms with Crippen molar-refractivity contribution in [3.05, 3.63) is 52.5 Å². The lowest BCUT2D eigenvalue weighted by atomic mass is 10.1. The van der Waals surface area contributed by atoms with Crippen LogP contribution < -0.4 is 5.32 Å². The van der Waals surface area contributed by atoms with Crippen molar-refractivity contribution in [3.63, 3.8) is 0 Å². The van der Waals surface area contributed by atoms with Crippen LogP contribution in [-0.4, -0.2) is 16.7 Å². The Balaban J connectivity index is 1.73. The second kappa shape index (κ2) is 5.00. The van der Waals surface area contributed by atoms with Gasteiger partial charge in [0.15, 0.2) is 0 Å². The Morgan fingerprint density at radius 2 is 2.05 bits per heavy atom.